The van der Waals surface area contributed by atoms with Crippen LogP contribution < -0.4 is 5.32 Å². The van der Waals surface area contributed by atoms with Gasteiger partial charge in [-0.15, -0.1) is 0 Å². The molecule has 0 aliphatic rings. The summed E-state index contributed by atoms with van der Waals surface area (Å²) in [6.07, 6.45) is 0. The Balaban J connectivity index is 2.10. The molecule has 1 N–H and O–H groups in total. The second kappa shape index (κ2) is 6.51. The van der Waals surface area contributed by atoms with Crippen LogP contribution in [0.1, 0.15) is 43.9 Å². The van der Waals surface area contributed by atoms with Gasteiger partial charge in [0.05, 0.1) is 10.0 Å². The lowest BCUT2D eigenvalue weighted by molar-refractivity contribution is 0.862. The topological polar surface area (TPSA) is 12.0 Å². The number of hydrogen-bond donors (Lipinski definition) is 1. The summed E-state index contributed by atoms with van der Waals surface area (Å²) in [5.74, 6) is 0.552. The number of anilines is 1. The van der Waals surface area contributed by atoms with Gasteiger partial charge in [0, 0.05) is 11.7 Å². The van der Waals surface area contributed by atoms with E-state index in [2.05, 4.69) is 50.4 Å². The number of benzene rings is 2. The van der Waals surface area contributed by atoms with Crippen molar-refractivity contribution in [2.75, 3.05) is 5.32 Å². The molecule has 0 saturated heterocycles. The van der Waals surface area contributed by atoms with Crippen LogP contribution in [0.25, 0.3) is 0 Å². The Hall–Kier alpha value is -1.18. The predicted octanol–water partition coefficient (Wildman–Crippen LogP) is 6.29. The van der Waals surface area contributed by atoms with Gasteiger partial charge < -0.3 is 5.32 Å². The van der Waals surface area contributed by atoms with E-state index >= 15 is 0 Å². The van der Waals surface area contributed by atoms with Crippen molar-refractivity contribution in [2.45, 2.75) is 32.7 Å². The Kier molecular flexibility index (Phi) is 4.95. The van der Waals surface area contributed by atoms with Crippen LogP contribution in [0.3, 0.4) is 0 Å². The Morgan fingerprint density at radius 3 is 1.95 bits per heavy atom. The summed E-state index contributed by atoms with van der Waals surface area (Å²) in [6.45, 7) is 6.50. The Bertz CT molecular complexity index is 576. The van der Waals surface area contributed by atoms with Crippen molar-refractivity contribution in [3.63, 3.8) is 0 Å². The summed E-state index contributed by atoms with van der Waals surface area (Å²) in [4.78, 5) is 0. The van der Waals surface area contributed by atoms with Crippen molar-refractivity contribution in [3.05, 3.63) is 63.6 Å². The zero-order chi connectivity index (χ0) is 14.7. The smallest absolute Gasteiger partial charge is 0.0595 e. The average Bonchev–Trinajstić information content (AvgIpc) is 2.42. The van der Waals surface area contributed by atoms with Crippen molar-refractivity contribution in [1.29, 1.82) is 0 Å². The van der Waals surface area contributed by atoms with Crippen molar-refractivity contribution in [1.82, 2.24) is 0 Å². The maximum Gasteiger partial charge on any atom is 0.0595 e. The number of hydrogen-bond acceptors (Lipinski definition) is 1. The molecule has 3 heteroatoms. The maximum atomic E-state index is 6.06. The van der Waals surface area contributed by atoms with E-state index in [4.69, 9.17) is 23.2 Å². The largest absolute Gasteiger partial charge is 0.379 e. The number of rotatable bonds is 4. The van der Waals surface area contributed by atoms with Crippen LogP contribution >= 0.6 is 23.2 Å². The molecule has 0 bridgehead atoms. The monoisotopic (exact) mass is 307 g/mol. The first kappa shape index (κ1) is 15.2. The fourth-order valence-corrected chi connectivity index (χ4v) is 2.39. The highest BCUT2D eigenvalue weighted by atomic mass is 35.5. The minimum atomic E-state index is 0.176. The zero-order valence-electron chi connectivity index (χ0n) is 12.0. The molecule has 2 rings (SSSR count). The zero-order valence-corrected chi connectivity index (χ0v) is 13.5. The van der Waals surface area contributed by atoms with E-state index in [1.165, 1.54) is 5.56 Å². The van der Waals surface area contributed by atoms with E-state index in [0.29, 0.717) is 16.0 Å². The standard InChI is InChI=1S/C17H19Cl2N/c1-11(2)13-4-7-15(8-5-13)20-12(3)14-6-9-16(18)17(19)10-14/h4-12,20H,1-3H3. The second-order valence-electron chi connectivity index (χ2n) is 5.32. The highest BCUT2D eigenvalue weighted by Gasteiger charge is 2.08. The SMILES string of the molecule is CC(C)c1ccc(NC(C)c2ccc(Cl)c(Cl)c2)cc1. The van der Waals surface area contributed by atoms with E-state index in [0.717, 1.165) is 11.3 Å². The molecular formula is C17H19Cl2N. The van der Waals surface area contributed by atoms with Gasteiger partial charge in [0.1, 0.15) is 0 Å². The quantitative estimate of drug-likeness (QED) is 0.700. The molecule has 2 aromatic carbocycles. The summed E-state index contributed by atoms with van der Waals surface area (Å²) < 4.78 is 0. The lowest BCUT2D eigenvalue weighted by Gasteiger charge is -2.17. The molecule has 0 spiro atoms. The van der Waals surface area contributed by atoms with Crippen LogP contribution in [0, 0.1) is 0 Å². The van der Waals surface area contributed by atoms with E-state index in [9.17, 15) is 0 Å². The van der Waals surface area contributed by atoms with Crippen LogP contribution in [0.15, 0.2) is 42.5 Å². The molecule has 1 unspecified atom stereocenters. The van der Waals surface area contributed by atoms with Gasteiger partial charge in [0.15, 0.2) is 0 Å². The van der Waals surface area contributed by atoms with Crippen LogP contribution in [0.5, 0.6) is 0 Å². The molecule has 1 atom stereocenters. The summed E-state index contributed by atoms with van der Waals surface area (Å²) in [5.41, 5.74) is 3.57. The minimum Gasteiger partial charge on any atom is -0.379 e. The minimum absolute atomic E-state index is 0.176. The second-order valence-corrected chi connectivity index (χ2v) is 6.13. The lowest BCUT2D eigenvalue weighted by Crippen LogP contribution is -2.06. The molecule has 0 amide bonds. The fourth-order valence-electron chi connectivity index (χ4n) is 2.08. The highest BCUT2D eigenvalue weighted by Crippen LogP contribution is 2.27. The molecule has 106 valence electrons. The number of halogens is 2. The Morgan fingerprint density at radius 2 is 1.40 bits per heavy atom. The van der Waals surface area contributed by atoms with Gasteiger partial charge in [0.25, 0.3) is 0 Å². The summed E-state index contributed by atoms with van der Waals surface area (Å²) in [7, 11) is 0. The van der Waals surface area contributed by atoms with Crippen LogP contribution in [0.2, 0.25) is 10.0 Å². The molecule has 2 aromatic rings. The Labute approximate surface area is 130 Å². The van der Waals surface area contributed by atoms with Gasteiger partial charge in [-0.3, -0.25) is 0 Å². The first-order valence-electron chi connectivity index (χ1n) is 6.79. The number of nitrogens with one attached hydrogen (secondary N) is 1. The van der Waals surface area contributed by atoms with Crippen molar-refractivity contribution in [2.24, 2.45) is 0 Å². The third-order valence-electron chi connectivity index (χ3n) is 3.40. The average molecular weight is 308 g/mol. The van der Waals surface area contributed by atoms with Crippen molar-refractivity contribution in [3.8, 4) is 0 Å². The van der Waals surface area contributed by atoms with E-state index in [1.54, 1.807) is 0 Å². The van der Waals surface area contributed by atoms with Crippen LogP contribution in [-0.4, -0.2) is 0 Å². The summed E-state index contributed by atoms with van der Waals surface area (Å²) in [5, 5.41) is 4.65. The first-order valence-corrected chi connectivity index (χ1v) is 7.54. The van der Waals surface area contributed by atoms with Gasteiger partial charge >= 0.3 is 0 Å². The molecular weight excluding hydrogens is 289 g/mol. The third kappa shape index (κ3) is 3.68. The molecule has 0 aliphatic carbocycles. The highest BCUT2D eigenvalue weighted by molar-refractivity contribution is 6.42. The Morgan fingerprint density at radius 1 is 0.800 bits per heavy atom. The van der Waals surface area contributed by atoms with E-state index in [1.807, 2.05) is 18.2 Å². The normalized spacial score (nSPS) is 12.5. The molecule has 0 aliphatic heterocycles. The first-order chi connectivity index (χ1) is 9.47. The predicted molar refractivity (Wildman–Crippen MR) is 89.0 cm³/mol. The molecule has 1 nitrogen and oxygen atoms in total. The third-order valence-corrected chi connectivity index (χ3v) is 4.14. The molecule has 0 aromatic heterocycles. The molecule has 0 fully saturated rings. The van der Waals surface area contributed by atoms with Crippen LogP contribution in [-0.2, 0) is 0 Å². The van der Waals surface area contributed by atoms with Gasteiger partial charge in [-0.25, -0.2) is 0 Å². The molecule has 0 heterocycles. The van der Waals surface area contributed by atoms with Crippen molar-refractivity contribution >= 4 is 28.9 Å². The van der Waals surface area contributed by atoms with Crippen LogP contribution in [0.4, 0.5) is 5.69 Å². The lowest BCUT2D eigenvalue weighted by atomic mass is 10.0. The van der Waals surface area contributed by atoms with Gasteiger partial charge in [-0.05, 0) is 48.2 Å². The van der Waals surface area contributed by atoms with Gasteiger partial charge in [-0.1, -0.05) is 55.2 Å². The van der Waals surface area contributed by atoms with Gasteiger partial charge in [-0.2, -0.15) is 0 Å². The van der Waals surface area contributed by atoms with Gasteiger partial charge in [0.2, 0.25) is 0 Å². The van der Waals surface area contributed by atoms with Crippen molar-refractivity contribution < 1.29 is 0 Å². The fraction of sp³-hybridized carbons (Fsp3) is 0.294. The van der Waals surface area contributed by atoms with E-state index in [-0.39, 0.29) is 6.04 Å². The molecule has 0 saturated carbocycles. The molecule has 20 heavy (non-hydrogen) atoms. The maximum absolute atomic E-state index is 6.06. The summed E-state index contributed by atoms with van der Waals surface area (Å²) in [6, 6.07) is 14.5. The molecule has 0 radical (unpaired) electrons. The summed E-state index contributed by atoms with van der Waals surface area (Å²) >= 11 is 12.0. The van der Waals surface area contributed by atoms with E-state index < -0.39 is 0 Å².